The van der Waals surface area contributed by atoms with E-state index in [1.807, 2.05) is 24.3 Å². The molecule has 2 aromatic carbocycles. The van der Waals surface area contributed by atoms with Gasteiger partial charge in [0, 0.05) is 13.1 Å². The summed E-state index contributed by atoms with van der Waals surface area (Å²) in [6, 6.07) is 14.3. The van der Waals surface area contributed by atoms with E-state index in [0.29, 0.717) is 6.79 Å². The van der Waals surface area contributed by atoms with Crippen LogP contribution in [0, 0.1) is 0 Å². The first-order valence-electron chi connectivity index (χ1n) is 6.94. The predicted octanol–water partition coefficient (Wildman–Crippen LogP) is 3.06. The summed E-state index contributed by atoms with van der Waals surface area (Å²) < 4.78 is 15.9. The Morgan fingerprint density at radius 2 is 1.62 bits per heavy atom. The van der Waals surface area contributed by atoms with Gasteiger partial charge in [0.2, 0.25) is 6.79 Å². The molecule has 4 heteroatoms. The van der Waals surface area contributed by atoms with E-state index in [4.69, 9.17) is 14.2 Å². The van der Waals surface area contributed by atoms with Crippen LogP contribution in [-0.2, 0) is 13.1 Å². The maximum Gasteiger partial charge on any atom is 0.231 e. The molecule has 0 saturated carbocycles. The number of hydrogen-bond acceptors (Lipinski definition) is 4. The molecule has 110 valence electrons. The molecule has 0 bridgehead atoms. The lowest BCUT2D eigenvalue weighted by Gasteiger charge is -2.17. The molecule has 0 saturated heterocycles. The van der Waals surface area contributed by atoms with Gasteiger partial charge in [0.05, 0.1) is 7.11 Å². The molecule has 2 aromatic rings. The number of nitrogens with zero attached hydrogens (tertiary/aromatic N) is 1. The molecule has 0 amide bonds. The van der Waals surface area contributed by atoms with Gasteiger partial charge in [-0.25, -0.2) is 0 Å². The smallest absolute Gasteiger partial charge is 0.231 e. The van der Waals surface area contributed by atoms with Crippen molar-refractivity contribution in [2.75, 3.05) is 21.0 Å². The molecule has 0 aromatic heterocycles. The maximum absolute atomic E-state index is 5.41. The summed E-state index contributed by atoms with van der Waals surface area (Å²) in [4.78, 5) is 2.26. The number of ether oxygens (including phenoxy) is 3. The fourth-order valence-corrected chi connectivity index (χ4v) is 2.45. The van der Waals surface area contributed by atoms with Crippen LogP contribution in [0.1, 0.15) is 11.1 Å². The summed E-state index contributed by atoms with van der Waals surface area (Å²) in [6.07, 6.45) is 0. The molecule has 0 unspecified atom stereocenters. The Kier molecular flexibility index (Phi) is 3.97. The maximum atomic E-state index is 5.41. The van der Waals surface area contributed by atoms with E-state index < -0.39 is 0 Å². The largest absolute Gasteiger partial charge is 0.497 e. The normalized spacial score (nSPS) is 12.7. The molecule has 1 heterocycles. The van der Waals surface area contributed by atoms with Crippen LogP contribution in [0.4, 0.5) is 0 Å². The van der Waals surface area contributed by atoms with Crippen molar-refractivity contribution in [1.29, 1.82) is 0 Å². The molecule has 21 heavy (non-hydrogen) atoms. The Morgan fingerprint density at radius 3 is 2.38 bits per heavy atom. The van der Waals surface area contributed by atoms with Gasteiger partial charge in [-0.15, -0.1) is 0 Å². The lowest BCUT2D eigenvalue weighted by Crippen LogP contribution is -2.17. The van der Waals surface area contributed by atoms with E-state index in [0.717, 1.165) is 30.3 Å². The number of rotatable bonds is 5. The molecular weight excluding hydrogens is 266 g/mol. The third kappa shape index (κ3) is 3.28. The molecule has 4 nitrogen and oxygen atoms in total. The van der Waals surface area contributed by atoms with Gasteiger partial charge in [0.15, 0.2) is 11.5 Å². The lowest BCUT2D eigenvalue weighted by molar-refractivity contribution is 0.174. The molecule has 3 rings (SSSR count). The SMILES string of the molecule is COc1ccc(CN(C)Cc2ccc3c(c2)OCO3)cc1. The lowest BCUT2D eigenvalue weighted by atomic mass is 10.1. The minimum atomic E-state index is 0.320. The summed E-state index contributed by atoms with van der Waals surface area (Å²) in [7, 11) is 3.79. The van der Waals surface area contributed by atoms with Gasteiger partial charge < -0.3 is 14.2 Å². The Balaban J connectivity index is 1.61. The molecule has 0 radical (unpaired) electrons. The molecule has 0 spiro atoms. The van der Waals surface area contributed by atoms with Crippen molar-refractivity contribution in [3.05, 3.63) is 53.6 Å². The topological polar surface area (TPSA) is 30.9 Å². The zero-order valence-electron chi connectivity index (χ0n) is 12.3. The molecule has 0 fully saturated rings. The van der Waals surface area contributed by atoms with Crippen LogP contribution in [0.15, 0.2) is 42.5 Å². The van der Waals surface area contributed by atoms with E-state index in [9.17, 15) is 0 Å². The molecular formula is C17H19NO3. The highest BCUT2D eigenvalue weighted by Crippen LogP contribution is 2.32. The molecule has 1 aliphatic rings. The Hall–Kier alpha value is -2.20. The van der Waals surface area contributed by atoms with Crippen LogP contribution in [0.2, 0.25) is 0 Å². The van der Waals surface area contributed by atoms with Crippen LogP contribution in [-0.4, -0.2) is 25.9 Å². The second-order valence-corrected chi connectivity index (χ2v) is 5.21. The third-order valence-corrected chi connectivity index (χ3v) is 3.50. The summed E-state index contributed by atoms with van der Waals surface area (Å²) in [5.41, 5.74) is 2.48. The minimum absolute atomic E-state index is 0.320. The van der Waals surface area contributed by atoms with E-state index in [1.54, 1.807) is 7.11 Å². The first kappa shape index (κ1) is 13.8. The monoisotopic (exact) mass is 285 g/mol. The van der Waals surface area contributed by atoms with Crippen LogP contribution in [0.25, 0.3) is 0 Å². The van der Waals surface area contributed by atoms with Gasteiger partial charge in [-0.1, -0.05) is 18.2 Å². The second kappa shape index (κ2) is 6.06. The van der Waals surface area contributed by atoms with Gasteiger partial charge in [0.1, 0.15) is 5.75 Å². The number of benzene rings is 2. The highest BCUT2D eigenvalue weighted by atomic mass is 16.7. The average molecular weight is 285 g/mol. The predicted molar refractivity (Wildman–Crippen MR) is 80.7 cm³/mol. The quantitative estimate of drug-likeness (QED) is 0.845. The summed E-state index contributed by atoms with van der Waals surface area (Å²) >= 11 is 0. The van der Waals surface area contributed by atoms with Crippen molar-refractivity contribution in [3.8, 4) is 17.2 Å². The van der Waals surface area contributed by atoms with Gasteiger partial charge in [-0.2, -0.15) is 0 Å². The standard InChI is InChI=1S/C17H19NO3/c1-18(10-13-3-6-15(19-2)7-4-13)11-14-5-8-16-17(9-14)21-12-20-16/h3-9H,10-12H2,1-2H3. The fourth-order valence-electron chi connectivity index (χ4n) is 2.45. The zero-order chi connectivity index (χ0) is 14.7. The first-order valence-corrected chi connectivity index (χ1v) is 6.94. The van der Waals surface area contributed by atoms with Crippen LogP contribution >= 0.6 is 0 Å². The van der Waals surface area contributed by atoms with E-state index in [1.165, 1.54) is 11.1 Å². The average Bonchev–Trinajstić information content (AvgIpc) is 2.95. The highest BCUT2D eigenvalue weighted by molar-refractivity contribution is 5.44. The van der Waals surface area contributed by atoms with Crippen molar-refractivity contribution < 1.29 is 14.2 Å². The molecule has 0 aliphatic carbocycles. The van der Waals surface area contributed by atoms with Crippen molar-refractivity contribution in [1.82, 2.24) is 4.90 Å². The van der Waals surface area contributed by atoms with Gasteiger partial charge in [0.25, 0.3) is 0 Å². The Bertz CT molecular complexity index is 610. The highest BCUT2D eigenvalue weighted by Gasteiger charge is 2.13. The van der Waals surface area contributed by atoms with Gasteiger partial charge >= 0.3 is 0 Å². The molecule has 0 atom stereocenters. The minimum Gasteiger partial charge on any atom is -0.497 e. The van der Waals surface area contributed by atoms with Crippen LogP contribution in [0.5, 0.6) is 17.2 Å². The second-order valence-electron chi connectivity index (χ2n) is 5.21. The van der Waals surface area contributed by atoms with Crippen molar-refractivity contribution in [3.63, 3.8) is 0 Å². The third-order valence-electron chi connectivity index (χ3n) is 3.50. The van der Waals surface area contributed by atoms with E-state index in [2.05, 4.69) is 30.1 Å². The van der Waals surface area contributed by atoms with Crippen molar-refractivity contribution >= 4 is 0 Å². The number of methoxy groups -OCH3 is 1. The summed E-state index contributed by atoms with van der Waals surface area (Å²) in [5.74, 6) is 2.55. The Morgan fingerprint density at radius 1 is 0.952 bits per heavy atom. The van der Waals surface area contributed by atoms with Crippen molar-refractivity contribution in [2.24, 2.45) is 0 Å². The van der Waals surface area contributed by atoms with E-state index in [-0.39, 0.29) is 0 Å². The summed E-state index contributed by atoms with van der Waals surface area (Å²) in [5, 5.41) is 0. The van der Waals surface area contributed by atoms with Crippen LogP contribution < -0.4 is 14.2 Å². The Labute approximate surface area is 124 Å². The summed E-state index contributed by atoms with van der Waals surface area (Å²) in [6.45, 7) is 2.07. The first-order chi connectivity index (χ1) is 10.2. The van der Waals surface area contributed by atoms with Gasteiger partial charge in [-0.05, 0) is 42.4 Å². The van der Waals surface area contributed by atoms with Crippen LogP contribution in [0.3, 0.4) is 0 Å². The molecule has 1 aliphatic heterocycles. The van der Waals surface area contributed by atoms with Crippen molar-refractivity contribution in [2.45, 2.75) is 13.1 Å². The number of fused-ring (bicyclic) bond motifs is 1. The number of hydrogen-bond donors (Lipinski definition) is 0. The molecule has 0 N–H and O–H groups in total. The fraction of sp³-hybridized carbons (Fsp3) is 0.294. The van der Waals surface area contributed by atoms with Gasteiger partial charge in [-0.3, -0.25) is 4.90 Å². The van der Waals surface area contributed by atoms with E-state index >= 15 is 0 Å². The zero-order valence-corrected chi connectivity index (χ0v) is 12.3.